The second-order valence-electron chi connectivity index (χ2n) is 8.70. The molecular weight excluding hydrogens is 446 g/mol. The number of ketones is 3. The zero-order valence-corrected chi connectivity index (χ0v) is 19.7. The Morgan fingerprint density at radius 2 is 1.97 bits per heavy atom. The summed E-state index contributed by atoms with van der Waals surface area (Å²) < 4.78 is 0. The van der Waals surface area contributed by atoms with Gasteiger partial charge in [-0.15, -0.1) is 11.3 Å². The van der Waals surface area contributed by atoms with E-state index in [2.05, 4.69) is 0 Å². The van der Waals surface area contributed by atoms with Gasteiger partial charge in [0.1, 0.15) is 11.6 Å². The van der Waals surface area contributed by atoms with Crippen LogP contribution in [-0.4, -0.2) is 34.2 Å². The molecule has 4 rings (SSSR count). The molecule has 1 saturated carbocycles. The first kappa shape index (κ1) is 22.9. The first-order valence-electron chi connectivity index (χ1n) is 11.0. The molecule has 1 fully saturated rings. The third kappa shape index (κ3) is 4.86. The van der Waals surface area contributed by atoms with Crippen molar-refractivity contribution in [3.63, 3.8) is 0 Å². The summed E-state index contributed by atoms with van der Waals surface area (Å²) in [5.41, 5.74) is 3.67. The van der Waals surface area contributed by atoms with Crippen LogP contribution in [0.2, 0.25) is 5.02 Å². The van der Waals surface area contributed by atoms with Crippen molar-refractivity contribution >= 4 is 46.2 Å². The summed E-state index contributed by atoms with van der Waals surface area (Å²) in [6.07, 6.45) is 3.67. The quantitative estimate of drug-likeness (QED) is 0.426. The van der Waals surface area contributed by atoms with Crippen molar-refractivity contribution in [2.45, 2.75) is 70.9 Å². The van der Waals surface area contributed by atoms with Crippen LogP contribution in [0.1, 0.15) is 70.5 Å². The Kier molecular flexibility index (Phi) is 6.91. The van der Waals surface area contributed by atoms with Crippen LogP contribution in [0.25, 0.3) is 0 Å². The molecule has 5 nitrogen and oxygen atoms in total. The SMILES string of the molecule is Cc1ccc(CCC(=O)CCc2scc3c2CN([C@H]2CCCC(=O)CC2=O)C3=O)cc1Cl. The molecule has 0 N–H and O–H groups in total. The summed E-state index contributed by atoms with van der Waals surface area (Å²) >= 11 is 7.68. The van der Waals surface area contributed by atoms with Gasteiger partial charge in [0.15, 0.2) is 5.78 Å². The minimum absolute atomic E-state index is 0.0366. The predicted octanol–water partition coefficient (Wildman–Crippen LogP) is 4.88. The molecule has 2 aliphatic rings. The number of rotatable bonds is 7. The highest BCUT2D eigenvalue weighted by Gasteiger charge is 2.39. The van der Waals surface area contributed by atoms with Crippen molar-refractivity contribution in [3.05, 3.63) is 55.7 Å². The Morgan fingerprint density at radius 1 is 1.19 bits per heavy atom. The number of thiophene rings is 1. The number of hydrogen-bond acceptors (Lipinski definition) is 5. The van der Waals surface area contributed by atoms with Gasteiger partial charge in [-0.2, -0.15) is 0 Å². The topological polar surface area (TPSA) is 71.5 Å². The van der Waals surface area contributed by atoms with Crippen molar-refractivity contribution in [3.8, 4) is 0 Å². The zero-order valence-electron chi connectivity index (χ0n) is 18.1. The number of halogens is 1. The van der Waals surface area contributed by atoms with Gasteiger partial charge in [0.25, 0.3) is 5.91 Å². The summed E-state index contributed by atoms with van der Waals surface area (Å²) in [4.78, 5) is 52.3. The van der Waals surface area contributed by atoms with Crippen molar-refractivity contribution < 1.29 is 19.2 Å². The number of hydrogen-bond donors (Lipinski definition) is 0. The number of Topliss-reactive ketones (excluding diaryl/α,β-unsaturated/α-hetero) is 3. The molecule has 1 aromatic heterocycles. The number of carbonyl (C=O) groups is 4. The standard InChI is InChI=1S/C25H26ClNO4S/c1-15-5-6-16(11-21(15)26)7-8-17(28)9-10-24-19-13-27(25(31)20(19)14-32-24)22-4-2-3-18(29)12-23(22)30/h5-6,11,14,22H,2-4,7-10,12-13H2,1H3/t22-/m0/s1. The lowest BCUT2D eigenvalue weighted by molar-refractivity contribution is -0.128. The van der Waals surface area contributed by atoms with E-state index in [1.54, 1.807) is 4.90 Å². The second kappa shape index (κ2) is 9.67. The molecule has 168 valence electrons. The van der Waals surface area contributed by atoms with Gasteiger partial charge in [-0.3, -0.25) is 19.2 Å². The molecule has 2 aromatic rings. The van der Waals surface area contributed by atoms with Gasteiger partial charge in [-0.05, 0) is 55.4 Å². The van der Waals surface area contributed by atoms with Crippen LogP contribution in [-0.2, 0) is 33.8 Å². The molecule has 0 bridgehead atoms. The lowest BCUT2D eigenvalue weighted by Crippen LogP contribution is -2.41. The van der Waals surface area contributed by atoms with Gasteiger partial charge in [0, 0.05) is 41.1 Å². The number of aryl methyl sites for hydroxylation is 3. The van der Waals surface area contributed by atoms with Crippen molar-refractivity contribution in [2.75, 3.05) is 0 Å². The first-order chi connectivity index (χ1) is 15.3. The molecule has 1 atom stereocenters. The van der Waals surface area contributed by atoms with E-state index in [0.717, 1.165) is 26.6 Å². The van der Waals surface area contributed by atoms with Crippen molar-refractivity contribution in [1.82, 2.24) is 4.90 Å². The van der Waals surface area contributed by atoms with Crippen LogP contribution in [0.15, 0.2) is 23.6 Å². The highest BCUT2D eigenvalue weighted by molar-refractivity contribution is 7.10. The third-order valence-corrected chi connectivity index (χ3v) is 7.91. The molecule has 32 heavy (non-hydrogen) atoms. The fraction of sp³-hybridized carbons (Fsp3) is 0.440. The Labute approximate surface area is 196 Å². The van der Waals surface area contributed by atoms with Gasteiger partial charge in [-0.1, -0.05) is 23.7 Å². The molecule has 0 spiro atoms. The number of amides is 1. The van der Waals surface area contributed by atoms with Gasteiger partial charge in [0.2, 0.25) is 0 Å². The van der Waals surface area contributed by atoms with Gasteiger partial charge < -0.3 is 4.90 Å². The monoisotopic (exact) mass is 471 g/mol. The molecule has 0 unspecified atom stereocenters. The normalized spacial score (nSPS) is 18.8. The van der Waals surface area contributed by atoms with E-state index < -0.39 is 6.04 Å². The number of fused-ring (bicyclic) bond motifs is 1. The second-order valence-corrected chi connectivity index (χ2v) is 10.1. The van der Waals surface area contributed by atoms with E-state index in [1.807, 2.05) is 30.5 Å². The fourth-order valence-electron chi connectivity index (χ4n) is 4.47. The van der Waals surface area contributed by atoms with Crippen LogP contribution >= 0.6 is 22.9 Å². The number of nitrogens with zero attached hydrogens (tertiary/aromatic N) is 1. The largest absolute Gasteiger partial charge is 0.324 e. The summed E-state index contributed by atoms with van der Waals surface area (Å²) in [5, 5.41) is 2.56. The molecule has 7 heteroatoms. The van der Waals surface area contributed by atoms with E-state index in [-0.39, 0.29) is 29.7 Å². The number of benzene rings is 1. The summed E-state index contributed by atoms with van der Waals surface area (Å²) in [7, 11) is 0. The average Bonchev–Trinajstić information content (AvgIpc) is 3.24. The fourth-order valence-corrected chi connectivity index (χ4v) is 5.71. The van der Waals surface area contributed by atoms with Crippen LogP contribution in [0.5, 0.6) is 0 Å². The Balaban J connectivity index is 1.35. The van der Waals surface area contributed by atoms with Crippen LogP contribution < -0.4 is 0 Å². The van der Waals surface area contributed by atoms with Gasteiger partial charge >= 0.3 is 0 Å². The molecular formula is C25H26ClNO4S. The third-order valence-electron chi connectivity index (χ3n) is 6.41. The highest BCUT2D eigenvalue weighted by atomic mass is 35.5. The minimum atomic E-state index is -0.512. The van der Waals surface area contributed by atoms with E-state index >= 15 is 0 Å². The molecule has 0 radical (unpaired) electrons. The van der Waals surface area contributed by atoms with Crippen molar-refractivity contribution in [1.29, 1.82) is 0 Å². The average molecular weight is 472 g/mol. The van der Waals surface area contributed by atoms with E-state index in [4.69, 9.17) is 11.6 Å². The Bertz CT molecular complexity index is 1090. The Morgan fingerprint density at radius 3 is 2.75 bits per heavy atom. The summed E-state index contributed by atoms with van der Waals surface area (Å²) in [6, 6.07) is 5.37. The highest BCUT2D eigenvalue weighted by Crippen LogP contribution is 2.35. The van der Waals surface area contributed by atoms with Gasteiger partial charge in [-0.25, -0.2) is 0 Å². The summed E-state index contributed by atoms with van der Waals surface area (Å²) in [6.45, 7) is 2.35. The lowest BCUT2D eigenvalue weighted by Gasteiger charge is -2.25. The molecule has 1 aromatic carbocycles. The number of carbonyl (C=O) groups excluding carboxylic acids is 4. The maximum Gasteiger partial charge on any atom is 0.255 e. The first-order valence-corrected chi connectivity index (χ1v) is 12.3. The maximum atomic E-state index is 12.9. The molecule has 1 amide bonds. The zero-order chi connectivity index (χ0) is 22.8. The van der Waals surface area contributed by atoms with Crippen LogP contribution in [0, 0.1) is 6.92 Å². The molecule has 0 saturated heterocycles. The van der Waals surface area contributed by atoms with Crippen molar-refractivity contribution in [2.24, 2.45) is 0 Å². The maximum absolute atomic E-state index is 12.9. The van der Waals surface area contributed by atoms with E-state index in [9.17, 15) is 19.2 Å². The molecule has 2 heterocycles. The Hall–Kier alpha value is -2.31. The molecule has 1 aliphatic heterocycles. The van der Waals surface area contributed by atoms with E-state index in [0.29, 0.717) is 57.1 Å². The van der Waals surface area contributed by atoms with Crippen LogP contribution in [0.4, 0.5) is 0 Å². The van der Waals surface area contributed by atoms with E-state index in [1.165, 1.54) is 11.3 Å². The smallest absolute Gasteiger partial charge is 0.255 e. The minimum Gasteiger partial charge on any atom is -0.324 e. The van der Waals surface area contributed by atoms with Gasteiger partial charge in [0.05, 0.1) is 18.0 Å². The van der Waals surface area contributed by atoms with Crippen LogP contribution in [0.3, 0.4) is 0 Å². The summed E-state index contributed by atoms with van der Waals surface area (Å²) in [5.74, 6) is -0.131. The lowest BCUT2D eigenvalue weighted by atomic mass is 10.0. The predicted molar refractivity (Wildman–Crippen MR) is 124 cm³/mol. The molecule has 1 aliphatic carbocycles.